The lowest BCUT2D eigenvalue weighted by Gasteiger charge is -2.28. The van der Waals surface area contributed by atoms with E-state index in [1.807, 2.05) is 12.1 Å². The molecule has 0 radical (unpaired) electrons. The van der Waals surface area contributed by atoms with E-state index in [4.69, 9.17) is 25.2 Å². The minimum absolute atomic E-state index is 0.220. The number of nitrogens with zero attached hydrogens (tertiary/aromatic N) is 6. The van der Waals surface area contributed by atoms with Crippen molar-refractivity contribution >= 4 is 33.3 Å². The Balaban J connectivity index is 1.64. The molecule has 5 rings (SSSR count). The highest BCUT2D eigenvalue weighted by Crippen LogP contribution is 2.38. The standard InChI is InChI=1S/C20H19N7O2S/c1-28-16-3-2-12(9-22-16)15-8-14-17(30-15)19(27-4-6-29-7-5-27)26-18(25-14)13-10-23-20(21)24-11-13/h2-3,8-11H,4-7H2,1H3,(H2,21,23,24). The van der Waals surface area contributed by atoms with Gasteiger partial charge >= 0.3 is 0 Å². The van der Waals surface area contributed by atoms with Gasteiger partial charge in [-0.2, -0.15) is 0 Å². The lowest BCUT2D eigenvalue weighted by Crippen LogP contribution is -2.36. The van der Waals surface area contributed by atoms with E-state index in [-0.39, 0.29) is 5.95 Å². The molecule has 1 aliphatic heterocycles. The number of anilines is 2. The summed E-state index contributed by atoms with van der Waals surface area (Å²) in [5.41, 5.74) is 8.23. The van der Waals surface area contributed by atoms with Gasteiger partial charge in [0.05, 0.1) is 36.1 Å². The molecule has 0 bridgehead atoms. The zero-order valence-electron chi connectivity index (χ0n) is 16.3. The predicted octanol–water partition coefficient (Wildman–Crippen LogP) is 2.64. The molecule has 9 nitrogen and oxygen atoms in total. The summed E-state index contributed by atoms with van der Waals surface area (Å²) in [6, 6.07) is 5.91. The van der Waals surface area contributed by atoms with E-state index in [9.17, 15) is 0 Å². The van der Waals surface area contributed by atoms with Crippen molar-refractivity contribution in [1.29, 1.82) is 0 Å². The quantitative estimate of drug-likeness (QED) is 0.531. The molecule has 10 heteroatoms. The monoisotopic (exact) mass is 421 g/mol. The van der Waals surface area contributed by atoms with Gasteiger partial charge in [-0.05, 0) is 12.1 Å². The lowest BCUT2D eigenvalue weighted by atomic mass is 10.2. The number of hydrogen-bond acceptors (Lipinski definition) is 10. The molecule has 152 valence electrons. The molecule has 4 aromatic rings. The number of rotatable bonds is 4. The third-order valence-corrected chi connectivity index (χ3v) is 5.99. The van der Waals surface area contributed by atoms with Crippen LogP contribution in [-0.4, -0.2) is 58.3 Å². The Morgan fingerprint density at radius 1 is 1.03 bits per heavy atom. The maximum Gasteiger partial charge on any atom is 0.219 e. The number of nitrogens with two attached hydrogens (primary N) is 1. The lowest BCUT2D eigenvalue weighted by molar-refractivity contribution is 0.122. The van der Waals surface area contributed by atoms with Crippen LogP contribution in [0.15, 0.2) is 36.8 Å². The van der Waals surface area contributed by atoms with Crippen molar-refractivity contribution in [2.24, 2.45) is 0 Å². The SMILES string of the molecule is COc1ccc(-c2cc3nc(-c4cnc(N)nc4)nc(N4CCOCC4)c3s2)cn1. The first kappa shape index (κ1) is 18.6. The average molecular weight is 421 g/mol. The Hall–Kier alpha value is -3.37. The van der Waals surface area contributed by atoms with Crippen LogP contribution in [0.4, 0.5) is 11.8 Å². The molecule has 0 spiro atoms. The Kier molecular flexibility index (Phi) is 4.85. The summed E-state index contributed by atoms with van der Waals surface area (Å²) < 4.78 is 11.7. The summed E-state index contributed by atoms with van der Waals surface area (Å²) >= 11 is 1.65. The highest BCUT2D eigenvalue weighted by molar-refractivity contribution is 7.22. The number of nitrogen functional groups attached to an aromatic ring is 1. The van der Waals surface area contributed by atoms with Gasteiger partial charge in [-0.25, -0.2) is 24.9 Å². The number of fused-ring (bicyclic) bond motifs is 1. The molecule has 4 aromatic heterocycles. The molecule has 1 aliphatic rings. The topological polar surface area (TPSA) is 112 Å². The van der Waals surface area contributed by atoms with Gasteiger partial charge in [-0.1, -0.05) is 0 Å². The number of hydrogen-bond donors (Lipinski definition) is 1. The van der Waals surface area contributed by atoms with E-state index in [0.717, 1.165) is 45.1 Å². The molecule has 0 unspecified atom stereocenters. The van der Waals surface area contributed by atoms with Crippen molar-refractivity contribution < 1.29 is 9.47 Å². The highest BCUT2D eigenvalue weighted by atomic mass is 32.1. The third kappa shape index (κ3) is 3.51. The molecular weight excluding hydrogens is 402 g/mol. The maximum absolute atomic E-state index is 5.63. The Morgan fingerprint density at radius 2 is 1.80 bits per heavy atom. The maximum atomic E-state index is 5.63. The van der Waals surface area contributed by atoms with E-state index in [1.54, 1.807) is 37.0 Å². The molecule has 1 saturated heterocycles. The largest absolute Gasteiger partial charge is 0.481 e. The van der Waals surface area contributed by atoms with Gasteiger partial charge in [0.1, 0.15) is 0 Å². The second kappa shape index (κ2) is 7.81. The zero-order chi connectivity index (χ0) is 20.5. The number of methoxy groups -OCH3 is 1. The van der Waals surface area contributed by atoms with Crippen LogP contribution in [-0.2, 0) is 4.74 Å². The van der Waals surface area contributed by atoms with E-state index in [1.165, 1.54) is 0 Å². The normalized spacial score (nSPS) is 14.2. The van der Waals surface area contributed by atoms with Crippen molar-refractivity contribution in [2.45, 2.75) is 0 Å². The molecule has 1 fully saturated rings. The molecule has 30 heavy (non-hydrogen) atoms. The first-order chi connectivity index (χ1) is 14.7. The minimum Gasteiger partial charge on any atom is -0.481 e. The Bertz CT molecular complexity index is 1170. The molecule has 0 atom stereocenters. The summed E-state index contributed by atoms with van der Waals surface area (Å²) in [6.45, 7) is 2.90. The highest BCUT2D eigenvalue weighted by Gasteiger charge is 2.21. The second-order valence-electron chi connectivity index (χ2n) is 6.71. The molecule has 0 aliphatic carbocycles. The summed E-state index contributed by atoms with van der Waals surface area (Å²) in [6.07, 6.45) is 5.10. The molecule has 2 N–H and O–H groups in total. The smallest absolute Gasteiger partial charge is 0.219 e. The summed E-state index contributed by atoms with van der Waals surface area (Å²) in [5, 5.41) is 0. The van der Waals surface area contributed by atoms with Gasteiger partial charge in [0.25, 0.3) is 0 Å². The van der Waals surface area contributed by atoms with E-state index in [0.29, 0.717) is 24.9 Å². The summed E-state index contributed by atoms with van der Waals surface area (Å²) in [4.78, 5) is 25.4. The van der Waals surface area contributed by atoms with E-state index < -0.39 is 0 Å². The number of aromatic nitrogens is 5. The molecular formula is C20H19N7O2S. The number of pyridine rings is 1. The van der Waals surface area contributed by atoms with Gasteiger partial charge in [0.15, 0.2) is 11.6 Å². The van der Waals surface area contributed by atoms with Crippen molar-refractivity contribution in [3.05, 3.63) is 36.8 Å². The fraction of sp³-hybridized carbons (Fsp3) is 0.250. The van der Waals surface area contributed by atoms with Crippen molar-refractivity contribution in [1.82, 2.24) is 24.9 Å². The number of ether oxygens (including phenoxy) is 2. The Morgan fingerprint density at radius 3 is 2.50 bits per heavy atom. The average Bonchev–Trinajstić information content (AvgIpc) is 3.24. The Labute approximate surface area is 176 Å². The van der Waals surface area contributed by atoms with Crippen LogP contribution in [0.3, 0.4) is 0 Å². The van der Waals surface area contributed by atoms with Gasteiger partial charge in [-0.3, -0.25) is 0 Å². The number of morpholine rings is 1. The zero-order valence-corrected chi connectivity index (χ0v) is 17.1. The van der Waals surface area contributed by atoms with Gasteiger partial charge < -0.3 is 20.1 Å². The second-order valence-corrected chi connectivity index (χ2v) is 7.77. The van der Waals surface area contributed by atoms with Crippen LogP contribution in [0, 0.1) is 0 Å². The van der Waals surface area contributed by atoms with Crippen LogP contribution < -0.4 is 15.4 Å². The van der Waals surface area contributed by atoms with E-state index >= 15 is 0 Å². The minimum atomic E-state index is 0.220. The van der Waals surface area contributed by atoms with Crippen LogP contribution in [0.5, 0.6) is 5.88 Å². The molecule has 0 amide bonds. The van der Waals surface area contributed by atoms with Crippen molar-refractivity contribution in [2.75, 3.05) is 44.0 Å². The van der Waals surface area contributed by atoms with E-state index in [2.05, 4.69) is 25.9 Å². The summed E-state index contributed by atoms with van der Waals surface area (Å²) in [7, 11) is 1.61. The van der Waals surface area contributed by atoms with Gasteiger partial charge in [-0.15, -0.1) is 11.3 Å². The number of thiophene rings is 1. The third-order valence-electron chi connectivity index (χ3n) is 4.82. The first-order valence-corrected chi connectivity index (χ1v) is 10.3. The first-order valence-electron chi connectivity index (χ1n) is 9.44. The van der Waals surface area contributed by atoms with Crippen LogP contribution in [0.25, 0.3) is 32.0 Å². The van der Waals surface area contributed by atoms with Crippen molar-refractivity contribution in [3.63, 3.8) is 0 Å². The van der Waals surface area contributed by atoms with Gasteiger partial charge in [0, 0.05) is 48.2 Å². The van der Waals surface area contributed by atoms with Crippen LogP contribution in [0.1, 0.15) is 0 Å². The van der Waals surface area contributed by atoms with Crippen LogP contribution >= 0.6 is 11.3 Å². The molecule has 0 aromatic carbocycles. The van der Waals surface area contributed by atoms with Gasteiger partial charge in [0.2, 0.25) is 11.8 Å². The summed E-state index contributed by atoms with van der Waals surface area (Å²) in [5.74, 6) is 2.27. The fourth-order valence-corrected chi connectivity index (χ4v) is 4.38. The molecule has 0 saturated carbocycles. The van der Waals surface area contributed by atoms with Crippen LogP contribution in [0.2, 0.25) is 0 Å². The predicted molar refractivity (Wildman–Crippen MR) is 116 cm³/mol. The fourth-order valence-electron chi connectivity index (χ4n) is 3.28. The molecule has 5 heterocycles. The van der Waals surface area contributed by atoms with Crippen molar-refractivity contribution in [3.8, 4) is 27.7 Å².